The Balaban J connectivity index is 3.39. The van der Waals surface area contributed by atoms with E-state index in [1.165, 1.54) is 0 Å². The Labute approximate surface area is 111 Å². The Morgan fingerprint density at radius 2 is 1.39 bits per heavy atom. The minimum absolute atomic E-state index is 0.0337. The highest BCUT2D eigenvalue weighted by Crippen LogP contribution is 2.27. The second-order valence-corrected chi connectivity index (χ2v) is 7.13. The Kier molecular flexibility index (Phi) is 4.16. The van der Waals surface area contributed by atoms with E-state index in [4.69, 9.17) is 15.7 Å². The summed E-state index contributed by atoms with van der Waals surface area (Å²) in [6, 6.07) is 2.13. The van der Waals surface area contributed by atoms with Gasteiger partial charge in [-0.15, -0.1) is 0 Å². The zero-order chi connectivity index (χ0) is 14.1. The largest absolute Gasteiger partial charge is 0.330 e. The molecule has 0 aliphatic carbocycles. The van der Waals surface area contributed by atoms with Gasteiger partial charge >= 0.3 is 0 Å². The topological polar surface area (TPSA) is 51.8 Å². The number of aromatic nitrogens is 2. The fourth-order valence-corrected chi connectivity index (χ4v) is 1.56. The Morgan fingerprint density at radius 3 is 1.67 bits per heavy atom. The molecule has 1 rings (SSSR count). The number of hydrogen-bond donors (Lipinski definition) is 1. The average molecular weight is 249 g/mol. The lowest BCUT2D eigenvalue weighted by atomic mass is 9.86. The molecule has 0 aliphatic heterocycles. The molecule has 1 unspecified atom stereocenters. The van der Waals surface area contributed by atoms with E-state index < -0.39 is 0 Å². The molecular formula is C15H27N3. The Hall–Kier alpha value is -0.960. The van der Waals surface area contributed by atoms with Crippen molar-refractivity contribution in [2.75, 3.05) is 6.54 Å². The summed E-state index contributed by atoms with van der Waals surface area (Å²) >= 11 is 0. The van der Waals surface area contributed by atoms with E-state index in [1.807, 2.05) is 0 Å². The summed E-state index contributed by atoms with van der Waals surface area (Å²) in [5.74, 6) is 1.07. The lowest BCUT2D eigenvalue weighted by Gasteiger charge is -2.25. The van der Waals surface area contributed by atoms with Gasteiger partial charge in [0.05, 0.1) is 0 Å². The van der Waals surface area contributed by atoms with Crippen molar-refractivity contribution in [1.82, 2.24) is 9.97 Å². The molecule has 1 aromatic heterocycles. The molecule has 0 saturated carbocycles. The van der Waals surface area contributed by atoms with Crippen LogP contribution in [0.1, 0.15) is 71.6 Å². The molecule has 1 aromatic rings. The molecule has 1 heterocycles. The average Bonchev–Trinajstić information content (AvgIpc) is 2.25. The van der Waals surface area contributed by atoms with E-state index in [-0.39, 0.29) is 16.7 Å². The van der Waals surface area contributed by atoms with E-state index in [9.17, 15) is 0 Å². The molecular weight excluding hydrogens is 222 g/mol. The summed E-state index contributed by atoms with van der Waals surface area (Å²) in [5.41, 5.74) is 8.00. The van der Waals surface area contributed by atoms with Crippen LogP contribution in [0.4, 0.5) is 0 Å². The minimum Gasteiger partial charge on any atom is -0.330 e. The summed E-state index contributed by atoms with van der Waals surface area (Å²) in [6.45, 7) is 15.7. The van der Waals surface area contributed by atoms with Crippen LogP contribution in [0.2, 0.25) is 0 Å². The molecule has 18 heavy (non-hydrogen) atoms. The van der Waals surface area contributed by atoms with Crippen LogP contribution in [0.5, 0.6) is 0 Å². The molecule has 3 nitrogen and oxygen atoms in total. The first-order chi connectivity index (χ1) is 8.05. The summed E-state index contributed by atoms with van der Waals surface area (Å²) in [4.78, 5) is 9.40. The maximum absolute atomic E-state index is 5.74. The predicted octanol–water partition coefficient (Wildman–Crippen LogP) is 3.13. The van der Waals surface area contributed by atoms with Crippen molar-refractivity contribution in [1.29, 1.82) is 0 Å². The van der Waals surface area contributed by atoms with E-state index in [0.717, 1.165) is 17.2 Å². The van der Waals surface area contributed by atoms with Gasteiger partial charge in [0.1, 0.15) is 5.82 Å². The van der Waals surface area contributed by atoms with Crippen LogP contribution in [-0.4, -0.2) is 16.5 Å². The van der Waals surface area contributed by atoms with Gasteiger partial charge in [-0.3, -0.25) is 0 Å². The van der Waals surface area contributed by atoms with Crippen LogP contribution in [-0.2, 0) is 10.8 Å². The molecule has 0 radical (unpaired) electrons. The second kappa shape index (κ2) is 4.96. The summed E-state index contributed by atoms with van der Waals surface area (Å²) in [7, 11) is 0. The zero-order valence-corrected chi connectivity index (χ0v) is 12.8. The standard InChI is InChI=1S/C15H27N3/c1-10(9-16)13-17-11(14(2,3)4)8-12(18-13)15(5,6)7/h8,10H,9,16H2,1-7H3. The van der Waals surface area contributed by atoms with Crippen LogP contribution in [0.3, 0.4) is 0 Å². The zero-order valence-electron chi connectivity index (χ0n) is 12.8. The fraction of sp³-hybridized carbons (Fsp3) is 0.733. The van der Waals surface area contributed by atoms with Gasteiger partial charge in [0.25, 0.3) is 0 Å². The molecule has 3 heteroatoms. The number of nitrogens with two attached hydrogens (primary N) is 1. The molecule has 0 amide bonds. The molecule has 0 saturated heterocycles. The van der Waals surface area contributed by atoms with Gasteiger partial charge in [0.15, 0.2) is 0 Å². The van der Waals surface area contributed by atoms with E-state index >= 15 is 0 Å². The van der Waals surface area contributed by atoms with Gasteiger partial charge in [-0.1, -0.05) is 48.5 Å². The highest BCUT2D eigenvalue weighted by Gasteiger charge is 2.24. The summed E-state index contributed by atoms with van der Waals surface area (Å²) in [5, 5.41) is 0. The quantitative estimate of drug-likeness (QED) is 0.876. The first-order valence-corrected chi connectivity index (χ1v) is 6.65. The number of rotatable bonds is 2. The van der Waals surface area contributed by atoms with Crippen molar-refractivity contribution in [2.24, 2.45) is 5.73 Å². The molecule has 0 spiro atoms. The van der Waals surface area contributed by atoms with Gasteiger partial charge in [0.2, 0.25) is 0 Å². The van der Waals surface area contributed by atoms with E-state index in [2.05, 4.69) is 54.5 Å². The van der Waals surface area contributed by atoms with Crippen molar-refractivity contribution >= 4 is 0 Å². The SMILES string of the molecule is CC(CN)c1nc(C(C)(C)C)cc(C(C)(C)C)n1. The number of hydrogen-bond acceptors (Lipinski definition) is 3. The highest BCUT2D eigenvalue weighted by atomic mass is 14.9. The second-order valence-electron chi connectivity index (χ2n) is 7.13. The predicted molar refractivity (Wildman–Crippen MR) is 76.9 cm³/mol. The van der Waals surface area contributed by atoms with Gasteiger partial charge in [-0.05, 0) is 6.07 Å². The lowest BCUT2D eigenvalue weighted by Crippen LogP contribution is -2.23. The van der Waals surface area contributed by atoms with Crippen molar-refractivity contribution < 1.29 is 0 Å². The molecule has 2 N–H and O–H groups in total. The molecule has 0 aliphatic rings. The smallest absolute Gasteiger partial charge is 0.132 e. The van der Waals surface area contributed by atoms with Gasteiger partial charge in [-0.25, -0.2) is 9.97 Å². The highest BCUT2D eigenvalue weighted by molar-refractivity contribution is 5.23. The summed E-state index contributed by atoms with van der Waals surface area (Å²) in [6.07, 6.45) is 0. The van der Waals surface area contributed by atoms with Crippen LogP contribution in [0, 0.1) is 0 Å². The normalized spacial score (nSPS) is 14.7. The summed E-state index contributed by atoms with van der Waals surface area (Å²) < 4.78 is 0. The van der Waals surface area contributed by atoms with E-state index in [1.54, 1.807) is 0 Å². The third-order valence-corrected chi connectivity index (χ3v) is 3.07. The lowest BCUT2D eigenvalue weighted by molar-refractivity contribution is 0.522. The minimum atomic E-state index is 0.0337. The molecule has 0 aromatic carbocycles. The molecule has 102 valence electrons. The maximum Gasteiger partial charge on any atom is 0.132 e. The van der Waals surface area contributed by atoms with Crippen molar-refractivity contribution in [3.05, 3.63) is 23.3 Å². The number of nitrogens with zero attached hydrogens (tertiary/aromatic N) is 2. The third-order valence-electron chi connectivity index (χ3n) is 3.07. The molecule has 0 bridgehead atoms. The van der Waals surface area contributed by atoms with Crippen molar-refractivity contribution in [3.8, 4) is 0 Å². The third kappa shape index (κ3) is 3.52. The van der Waals surface area contributed by atoms with Crippen LogP contribution in [0.25, 0.3) is 0 Å². The van der Waals surface area contributed by atoms with E-state index in [0.29, 0.717) is 6.54 Å². The van der Waals surface area contributed by atoms with Gasteiger partial charge < -0.3 is 5.73 Å². The van der Waals surface area contributed by atoms with Crippen molar-refractivity contribution in [3.63, 3.8) is 0 Å². The van der Waals surface area contributed by atoms with Crippen LogP contribution in [0.15, 0.2) is 6.07 Å². The van der Waals surface area contributed by atoms with Crippen LogP contribution >= 0.6 is 0 Å². The fourth-order valence-electron chi connectivity index (χ4n) is 1.56. The van der Waals surface area contributed by atoms with Gasteiger partial charge in [-0.2, -0.15) is 0 Å². The van der Waals surface area contributed by atoms with Crippen molar-refractivity contribution in [2.45, 2.75) is 65.2 Å². The van der Waals surface area contributed by atoms with Gasteiger partial charge in [0, 0.05) is 34.7 Å². The van der Waals surface area contributed by atoms with Crippen LogP contribution < -0.4 is 5.73 Å². The molecule has 1 atom stereocenters. The Bertz CT molecular complexity index is 378. The monoisotopic (exact) mass is 249 g/mol. The Morgan fingerprint density at radius 1 is 1.00 bits per heavy atom. The first kappa shape index (κ1) is 15.1. The first-order valence-electron chi connectivity index (χ1n) is 6.65. The maximum atomic E-state index is 5.74. The molecule has 0 fully saturated rings.